The number of morpholine rings is 1. The minimum absolute atomic E-state index is 0.253. The van der Waals surface area contributed by atoms with Crippen LogP contribution in [0.4, 0.5) is 24.7 Å². The summed E-state index contributed by atoms with van der Waals surface area (Å²) in [4.78, 5) is 18.8. The number of pyridine rings is 1. The summed E-state index contributed by atoms with van der Waals surface area (Å²) in [6.45, 7) is 7.18. The number of aromatic nitrogens is 1. The number of aryl methyl sites for hydroxylation is 2. The van der Waals surface area contributed by atoms with Gasteiger partial charge in [-0.1, -0.05) is 6.07 Å². The molecule has 0 saturated carbocycles. The molecule has 6 nitrogen and oxygen atoms in total. The average molecular weight is 408 g/mol. The number of benzene rings is 1. The van der Waals surface area contributed by atoms with Gasteiger partial charge < -0.3 is 15.4 Å². The van der Waals surface area contributed by atoms with Gasteiger partial charge in [0.05, 0.1) is 24.5 Å². The number of anilines is 2. The molecule has 0 radical (unpaired) electrons. The van der Waals surface area contributed by atoms with Crippen molar-refractivity contribution in [2.24, 2.45) is 0 Å². The van der Waals surface area contributed by atoms with E-state index in [1.54, 1.807) is 19.2 Å². The van der Waals surface area contributed by atoms with Crippen LogP contribution >= 0.6 is 0 Å². The SMILES string of the molecule is Cc1cnc(Nc2c(C(=O)NCCN3CCOCC3)cc(F)c(F)c2F)c(C)c1. The minimum Gasteiger partial charge on any atom is -0.379 e. The van der Waals surface area contributed by atoms with Gasteiger partial charge in [0.1, 0.15) is 5.82 Å². The molecule has 1 aromatic carbocycles. The van der Waals surface area contributed by atoms with E-state index in [1.165, 1.54) is 0 Å². The van der Waals surface area contributed by atoms with Gasteiger partial charge in [-0.2, -0.15) is 0 Å². The van der Waals surface area contributed by atoms with Crippen LogP contribution in [0, 0.1) is 31.3 Å². The summed E-state index contributed by atoms with van der Waals surface area (Å²) in [5.74, 6) is -5.00. The van der Waals surface area contributed by atoms with E-state index in [0.29, 0.717) is 31.4 Å². The van der Waals surface area contributed by atoms with Crippen molar-refractivity contribution in [2.75, 3.05) is 44.7 Å². The molecule has 1 aliphatic rings. The van der Waals surface area contributed by atoms with E-state index < -0.39 is 29.0 Å². The number of nitrogens with one attached hydrogen (secondary N) is 2. The molecule has 9 heteroatoms. The highest BCUT2D eigenvalue weighted by atomic mass is 19.2. The van der Waals surface area contributed by atoms with Crippen LogP contribution < -0.4 is 10.6 Å². The van der Waals surface area contributed by atoms with Gasteiger partial charge in [0.25, 0.3) is 5.91 Å². The molecule has 3 rings (SSSR count). The van der Waals surface area contributed by atoms with Gasteiger partial charge >= 0.3 is 0 Å². The van der Waals surface area contributed by atoms with Crippen LogP contribution in [0.5, 0.6) is 0 Å². The minimum atomic E-state index is -1.65. The lowest BCUT2D eigenvalue weighted by molar-refractivity contribution is 0.0383. The molecule has 0 unspecified atom stereocenters. The number of carbonyl (C=O) groups excluding carboxylic acids is 1. The Morgan fingerprint density at radius 3 is 2.59 bits per heavy atom. The van der Waals surface area contributed by atoms with Gasteiger partial charge in [0.15, 0.2) is 17.5 Å². The van der Waals surface area contributed by atoms with Crippen molar-refractivity contribution in [2.45, 2.75) is 13.8 Å². The molecule has 0 aliphatic carbocycles. The van der Waals surface area contributed by atoms with Crippen LogP contribution in [0.25, 0.3) is 0 Å². The third-order valence-corrected chi connectivity index (χ3v) is 4.68. The fourth-order valence-electron chi connectivity index (χ4n) is 3.11. The first-order chi connectivity index (χ1) is 13.9. The average Bonchev–Trinajstić information content (AvgIpc) is 2.70. The standard InChI is InChI=1S/C20H23F3N4O2/c1-12-9-13(2)19(25-11-12)26-18-14(10-15(21)16(22)17(18)23)20(28)24-3-4-27-5-7-29-8-6-27/h9-11H,3-8H2,1-2H3,(H,24,28)(H,25,26). The molecule has 2 aromatic rings. The largest absolute Gasteiger partial charge is 0.379 e. The van der Waals surface area contributed by atoms with Crippen LogP contribution in [-0.2, 0) is 4.74 Å². The molecular formula is C20H23F3N4O2. The number of amides is 1. The highest BCUT2D eigenvalue weighted by Crippen LogP contribution is 2.29. The maximum atomic E-state index is 14.5. The van der Waals surface area contributed by atoms with Crippen molar-refractivity contribution < 1.29 is 22.7 Å². The summed E-state index contributed by atoms with van der Waals surface area (Å²) in [7, 11) is 0. The quantitative estimate of drug-likeness (QED) is 0.720. The predicted molar refractivity (Wildman–Crippen MR) is 103 cm³/mol. The van der Waals surface area contributed by atoms with Crippen molar-refractivity contribution in [1.29, 1.82) is 0 Å². The van der Waals surface area contributed by atoms with Crippen molar-refractivity contribution >= 4 is 17.4 Å². The zero-order valence-corrected chi connectivity index (χ0v) is 16.3. The number of hydrogen-bond donors (Lipinski definition) is 2. The van der Waals surface area contributed by atoms with Gasteiger partial charge in [-0.15, -0.1) is 0 Å². The molecule has 1 aliphatic heterocycles. The second kappa shape index (κ2) is 9.23. The van der Waals surface area contributed by atoms with Gasteiger partial charge in [-0.25, -0.2) is 18.2 Å². The lowest BCUT2D eigenvalue weighted by Gasteiger charge is -2.26. The van der Waals surface area contributed by atoms with E-state index in [0.717, 1.165) is 18.7 Å². The molecule has 0 atom stereocenters. The molecule has 156 valence electrons. The number of carbonyl (C=O) groups is 1. The summed E-state index contributed by atoms with van der Waals surface area (Å²) in [5.41, 5.74) is 0.782. The van der Waals surface area contributed by atoms with Crippen molar-refractivity contribution in [3.05, 3.63) is 52.5 Å². The second-order valence-electron chi connectivity index (χ2n) is 6.92. The zero-order chi connectivity index (χ0) is 21.0. The van der Waals surface area contributed by atoms with E-state index in [1.807, 2.05) is 6.92 Å². The van der Waals surface area contributed by atoms with Crippen LogP contribution in [0.2, 0.25) is 0 Å². The molecule has 2 N–H and O–H groups in total. The Kier molecular flexibility index (Phi) is 6.71. The summed E-state index contributed by atoms with van der Waals surface area (Å²) < 4.78 is 47.4. The molecule has 1 aromatic heterocycles. The molecular weight excluding hydrogens is 385 g/mol. The van der Waals surface area contributed by atoms with Gasteiger partial charge in [0, 0.05) is 32.4 Å². The topological polar surface area (TPSA) is 66.5 Å². The number of nitrogens with zero attached hydrogens (tertiary/aromatic N) is 2. The fourth-order valence-corrected chi connectivity index (χ4v) is 3.11. The molecule has 0 spiro atoms. The first-order valence-corrected chi connectivity index (χ1v) is 9.33. The van der Waals surface area contributed by atoms with E-state index >= 15 is 0 Å². The van der Waals surface area contributed by atoms with Gasteiger partial charge in [-0.05, 0) is 31.0 Å². The van der Waals surface area contributed by atoms with E-state index in [4.69, 9.17) is 4.74 Å². The first-order valence-electron chi connectivity index (χ1n) is 9.33. The number of hydrogen-bond acceptors (Lipinski definition) is 5. The van der Waals surface area contributed by atoms with Gasteiger partial charge in [-0.3, -0.25) is 9.69 Å². The van der Waals surface area contributed by atoms with Crippen molar-refractivity contribution in [3.63, 3.8) is 0 Å². The molecule has 1 saturated heterocycles. The maximum absolute atomic E-state index is 14.5. The summed E-state index contributed by atoms with van der Waals surface area (Å²) in [6, 6.07) is 2.49. The highest BCUT2D eigenvalue weighted by molar-refractivity contribution is 6.00. The Morgan fingerprint density at radius 1 is 1.17 bits per heavy atom. The molecule has 0 bridgehead atoms. The summed E-state index contributed by atoms with van der Waals surface area (Å²) >= 11 is 0. The molecule has 1 amide bonds. The normalized spacial score (nSPS) is 14.7. The number of rotatable bonds is 6. The zero-order valence-electron chi connectivity index (χ0n) is 16.3. The van der Waals surface area contributed by atoms with Gasteiger partial charge in [0.2, 0.25) is 0 Å². The predicted octanol–water partition coefficient (Wildman–Crippen LogP) is 2.92. The Labute approximate surface area is 167 Å². The van der Waals surface area contributed by atoms with E-state index in [9.17, 15) is 18.0 Å². The first kappa shape index (κ1) is 21.1. The number of ether oxygens (including phenoxy) is 1. The van der Waals surface area contributed by atoms with Crippen molar-refractivity contribution in [3.8, 4) is 0 Å². The van der Waals surface area contributed by atoms with Crippen molar-refractivity contribution in [1.82, 2.24) is 15.2 Å². The molecule has 2 heterocycles. The van der Waals surface area contributed by atoms with E-state index in [2.05, 4.69) is 20.5 Å². The molecule has 1 fully saturated rings. The van der Waals surface area contributed by atoms with Crippen LogP contribution in [0.1, 0.15) is 21.5 Å². The lowest BCUT2D eigenvalue weighted by Crippen LogP contribution is -2.41. The number of halogens is 3. The smallest absolute Gasteiger partial charge is 0.253 e. The summed E-state index contributed by atoms with van der Waals surface area (Å²) in [5, 5.41) is 5.28. The Balaban J connectivity index is 1.80. The van der Waals surface area contributed by atoms with E-state index in [-0.39, 0.29) is 17.9 Å². The highest BCUT2D eigenvalue weighted by Gasteiger charge is 2.24. The Morgan fingerprint density at radius 2 is 1.90 bits per heavy atom. The van der Waals surface area contributed by atoms with Crippen LogP contribution in [0.15, 0.2) is 18.3 Å². The molecule has 29 heavy (non-hydrogen) atoms. The van der Waals surface area contributed by atoms with Crippen LogP contribution in [0.3, 0.4) is 0 Å². The summed E-state index contributed by atoms with van der Waals surface area (Å²) in [6.07, 6.45) is 1.55. The maximum Gasteiger partial charge on any atom is 0.253 e. The second-order valence-corrected chi connectivity index (χ2v) is 6.92. The monoisotopic (exact) mass is 408 g/mol. The Hall–Kier alpha value is -2.65. The third-order valence-electron chi connectivity index (χ3n) is 4.68. The third kappa shape index (κ3) is 5.04. The van der Waals surface area contributed by atoms with Crippen LogP contribution in [-0.4, -0.2) is 55.2 Å². The Bertz CT molecular complexity index is 902. The fraction of sp³-hybridized carbons (Fsp3) is 0.400. The lowest BCUT2D eigenvalue weighted by atomic mass is 10.1.